The average Bonchev–Trinajstić information content (AvgIpc) is 2.92. The summed E-state index contributed by atoms with van der Waals surface area (Å²) in [7, 11) is -2.56. The molecule has 7 nitrogen and oxygen atoms in total. The standard InChI is InChI=1S/C30H39F3O7Si/c1-4-36-41(37-5-2,38-6-3)20-14-10-8-7-9-13-19-35-24-18-17-23-21-26(29(34)39-28(23)22-24)25-15-11-12-16-27(25)40-30(31,32)33/h11-12,15-18,21-22H,4-10,13-14,19-20H2,1-3H3. The minimum absolute atomic E-state index is 0.0000737. The summed E-state index contributed by atoms with van der Waals surface area (Å²) in [5, 5.41) is 0.554. The summed E-state index contributed by atoms with van der Waals surface area (Å²) in [5.41, 5.74) is -0.499. The Kier molecular flexibility index (Phi) is 12.7. The van der Waals surface area contributed by atoms with Gasteiger partial charge < -0.3 is 27.2 Å². The van der Waals surface area contributed by atoms with Crippen LogP contribution in [-0.2, 0) is 13.3 Å². The first kappa shape index (κ1) is 32.6. The molecule has 0 aliphatic rings. The summed E-state index contributed by atoms with van der Waals surface area (Å²) in [4.78, 5) is 12.7. The molecule has 0 fully saturated rings. The van der Waals surface area contributed by atoms with Crippen LogP contribution in [0.5, 0.6) is 11.5 Å². The van der Waals surface area contributed by atoms with Gasteiger partial charge in [0.05, 0.1) is 12.2 Å². The molecular formula is C30H39F3O7Si. The number of ether oxygens (including phenoxy) is 2. The van der Waals surface area contributed by atoms with E-state index >= 15 is 0 Å². The number of alkyl halides is 3. The van der Waals surface area contributed by atoms with E-state index in [0.717, 1.165) is 50.6 Å². The molecule has 0 unspecified atom stereocenters. The van der Waals surface area contributed by atoms with E-state index in [2.05, 4.69) is 4.74 Å². The smallest absolute Gasteiger partial charge is 0.493 e. The zero-order chi connectivity index (χ0) is 29.7. The Hall–Kier alpha value is -2.86. The van der Waals surface area contributed by atoms with Crippen molar-refractivity contribution in [1.82, 2.24) is 0 Å². The van der Waals surface area contributed by atoms with Crippen molar-refractivity contribution in [2.45, 2.75) is 71.7 Å². The molecule has 3 aromatic rings. The lowest BCUT2D eigenvalue weighted by Crippen LogP contribution is -2.45. The van der Waals surface area contributed by atoms with Gasteiger partial charge in [0.25, 0.3) is 0 Å². The first-order valence-corrected chi connectivity index (χ1v) is 16.1. The minimum atomic E-state index is -4.88. The number of benzene rings is 2. The van der Waals surface area contributed by atoms with Gasteiger partial charge in [-0.3, -0.25) is 0 Å². The molecule has 1 heterocycles. The highest BCUT2D eigenvalue weighted by molar-refractivity contribution is 6.60. The third-order valence-electron chi connectivity index (χ3n) is 6.35. The van der Waals surface area contributed by atoms with Crippen LogP contribution >= 0.6 is 0 Å². The number of halogens is 3. The number of rotatable bonds is 18. The van der Waals surface area contributed by atoms with Gasteiger partial charge in [-0.15, -0.1) is 13.2 Å². The van der Waals surface area contributed by atoms with Crippen molar-refractivity contribution >= 4 is 19.8 Å². The van der Waals surface area contributed by atoms with Crippen LogP contribution in [0.25, 0.3) is 22.1 Å². The Balaban J connectivity index is 1.47. The third-order valence-corrected chi connectivity index (χ3v) is 9.50. The van der Waals surface area contributed by atoms with Crippen molar-refractivity contribution in [2.24, 2.45) is 0 Å². The Labute approximate surface area is 239 Å². The Morgan fingerprint density at radius 1 is 0.780 bits per heavy atom. The quantitative estimate of drug-likeness (QED) is 0.0834. The summed E-state index contributed by atoms with van der Waals surface area (Å²) < 4.78 is 71.5. The maximum Gasteiger partial charge on any atom is 0.573 e. The highest BCUT2D eigenvalue weighted by Crippen LogP contribution is 2.34. The van der Waals surface area contributed by atoms with E-state index in [0.29, 0.717) is 37.6 Å². The van der Waals surface area contributed by atoms with Crippen molar-refractivity contribution in [3.8, 4) is 22.6 Å². The monoisotopic (exact) mass is 596 g/mol. The average molecular weight is 597 g/mol. The summed E-state index contributed by atoms with van der Waals surface area (Å²) in [5.74, 6) is 0.0846. The predicted octanol–water partition coefficient (Wildman–Crippen LogP) is 8.13. The van der Waals surface area contributed by atoms with Gasteiger partial charge in [-0.25, -0.2) is 4.79 Å². The topological polar surface area (TPSA) is 76.4 Å². The zero-order valence-corrected chi connectivity index (χ0v) is 24.9. The van der Waals surface area contributed by atoms with Gasteiger partial charge in [0.15, 0.2) is 0 Å². The lowest BCUT2D eigenvalue weighted by molar-refractivity contribution is -0.274. The summed E-state index contributed by atoms with van der Waals surface area (Å²) in [6.07, 6.45) is 1.31. The SMILES string of the molecule is CCO[Si](CCCCCCCCOc1ccc2cc(-c3ccccc3OC(F)(F)F)c(=O)oc2c1)(OCC)OCC. The largest absolute Gasteiger partial charge is 0.573 e. The number of hydrogen-bond donors (Lipinski definition) is 0. The Morgan fingerprint density at radius 3 is 2.07 bits per heavy atom. The molecule has 1 aromatic heterocycles. The van der Waals surface area contributed by atoms with E-state index in [1.807, 2.05) is 20.8 Å². The maximum absolute atomic E-state index is 12.8. The number of para-hydroxylation sites is 1. The second-order valence-electron chi connectivity index (χ2n) is 9.39. The van der Waals surface area contributed by atoms with Gasteiger partial charge >= 0.3 is 20.8 Å². The fraction of sp³-hybridized carbons (Fsp3) is 0.500. The summed E-state index contributed by atoms with van der Waals surface area (Å²) in [6, 6.07) is 12.9. The molecule has 2 aromatic carbocycles. The van der Waals surface area contributed by atoms with Crippen molar-refractivity contribution < 1.29 is 40.3 Å². The highest BCUT2D eigenvalue weighted by atomic mass is 28.4. The molecule has 41 heavy (non-hydrogen) atoms. The first-order chi connectivity index (χ1) is 19.7. The Bertz CT molecular complexity index is 1260. The van der Waals surface area contributed by atoms with Crippen LogP contribution in [0.15, 0.2) is 57.7 Å². The van der Waals surface area contributed by atoms with E-state index in [9.17, 15) is 18.0 Å². The molecule has 0 spiro atoms. The van der Waals surface area contributed by atoms with E-state index in [1.165, 1.54) is 24.3 Å². The Morgan fingerprint density at radius 2 is 1.41 bits per heavy atom. The number of fused-ring (bicyclic) bond motifs is 1. The first-order valence-electron chi connectivity index (χ1n) is 14.2. The van der Waals surface area contributed by atoms with Crippen LogP contribution < -0.4 is 15.1 Å². The van der Waals surface area contributed by atoms with Crippen molar-refractivity contribution in [1.29, 1.82) is 0 Å². The van der Waals surface area contributed by atoms with Crippen LogP contribution in [0.1, 0.15) is 59.3 Å². The molecule has 0 amide bonds. The van der Waals surface area contributed by atoms with Gasteiger partial charge in [-0.2, -0.15) is 0 Å². The van der Waals surface area contributed by atoms with Gasteiger partial charge in [0.2, 0.25) is 0 Å². The molecule has 0 radical (unpaired) electrons. The van der Waals surface area contributed by atoms with Crippen LogP contribution in [0.3, 0.4) is 0 Å². The van der Waals surface area contributed by atoms with E-state index in [1.54, 1.807) is 18.2 Å². The fourth-order valence-corrected chi connectivity index (χ4v) is 7.30. The molecule has 0 aliphatic carbocycles. The van der Waals surface area contributed by atoms with E-state index in [4.69, 9.17) is 22.4 Å². The molecule has 0 bridgehead atoms. The number of hydrogen-bond acceptors (Lipinski definition) is 7. The minimum Gasteiger partial charge on any atom is -0.493 e. The van der Waals surface area contributed by atoms with Crippen molar-refractivity contribution in [3.05, 3.63) is 59.0 Å². The maximum atomic E-state index is 12.8. The normalized spacial score (nSPS) is 12.1. The summed E-state index contributed by atoms with van der Waals surface area (Å²) in [6.45, 7) is 8.18. The second-order valence-corrected chi connectivity index (χ2v) is 12.1. The molecule has 226 valence electrons. The molecular weight excluding hydrogens is 557 g/mol. The highest BCUT2D eigenvalue weighted by Gasteiger charge is 2.39. The number of unbranched alkanes of at least 4 members (excludes halogenated alkanes) is 5. The van der Waals surface area contributed by atoms with Crippen LogP contribution in [0.2, 0.25) is 6.04 Å². The zero-order valence-electron chi connectivity index (χ0n) is 23.9. The van der Waals surface area contributed by atoms with Gasteiger partial charge in [-0.05, 0) is 57.9 Å². The lowest BCUT2D eigenvalue weighted by atomic mass is 10.0. The fourth-order valence-electron chi connectivity index (χ4n) is 4.61. The second kappa shape index (κ2) is 16.0. The van der Waals surface area contributed by atoms with Crippen LogP contribution in [0, 0.1) is 0 Å². The van der Waals surface area contributed by atoms with Crippen molar-refractivity contribution in [2.75, 3.05) is 26.4 Å². The molecule has 0 N–H and O–H groups in total. The van der Waals surface area contributed by atoms with Gasteiger partial charge in [-0.1, -0.05) is 43.9 Å². The van der Waals surface area contributed by atoms with Crippen LogP contribution in [-0.4, -0.2) is 41.6 Å². The van der Waals surface area contributed by atoms with Crippen LogP contribution in [0.4, 0.5) is 13.2 Å². The molecule has 11 heteroatoms. The van der Waals surface area contributed by atoms with Crippen molar-refractivity contribution in [3.63, 3.8) is 0 Å². The summed E-state index contributed by atoms with van der Waals surface area (Å²) >= 11 is 0. The van der Waals surface area contributed by atoms with Gasteiger partial charge in [0, 0.05) is 42.9 Å². The molecule has 0 saturated carbocycles. The molecule has 3 rings (SSSR count). The third kappa shape index (κ3) is 10.2. The predicted molar refractivity (Wildman–Crippen MR) is 153 cm³/mol. The van der Waals surface area contributed by atoms with E-state index in [-0.39, 0.29) is 16.7 Å². The molecule has 0 saturated heterocycles. The lowest BCUT2D eigenvalue weighted by Gasteiger charge is -2.28. The molecule has 0 aliphatic heterocycles. The van der Waals surface area contributed by atoms with Gasteiger partial charge in [0.1, 0.15) is 17.1 Å². The van der Waals surface area contributed by atoms with E-state index < -0.39 is 26.5 Å². The molecule has 0 atom stereocenters.